The van der Waals surface area contributed by atoms with Gasteiger partial charge in [-0.2, -0.15) is 4.98 Å². The van der Waals surface area contributed by atoms with Gasteiger partial charge < -0.3 is 16.0 Å². The molecule has 0 bridgehead atoms. The molecule has 2 heterocycles. The Hall–Kier alpha value is -2.41. The van der Waals surface area contributed by atoms with Crippen LogP contribution >= 0.6 is 12.2 Å². The molecule has 0 amide bonds. The predicted molar refractivity (Wildman–Crippen MR) is 102 cm³/mol. The monoisotopic (exact) mass is 343 g/mol. The van der Waals surface area contributed by atoms with Gasteiger partial charge in [0.15, 0.2) is 0 Å². The van der Waals surface area contributed by atoms with Crippen molar-refractivity contribution < 1.29 is 0 Å². The molecular weight excluding hydrogens is 322 g/mol. The van der Waals surface area contributed by atoms with E-state index in [0.717, 1.165) is 37.2 Å². The number of anilines is 3. The van der Waals surface area contributed by atoms with Crippen molar-refractivity contribution >= 4 is 34.7 Å². The first-order chi connectivity index (χ1) is 11.5. The molecule has 1 saturated heterocycles. The number of aromatic amines is 1. The summed E-state index contributed by atoms with van der Waals surface area (Å²) in [6, 6.07) is 7.75. The summed E-state index contributed by atoms with van der Waals surface area (Å²) < 4.78 is 0. The highest BCUT2D eigenvalue weighted by Crippen LogP contribution is 2.18. The fourth-order valence-electron chi connectivity index (χ4n) is 2.87. The molecule has 126 valence electrons. The number of thiocarbonyl (C=S) groups is 1. The number of nitrogen functional groups attached to an aromatic ring is 1. The summed E-state index contributed by atoms with van der Waals surface area (Å²) in [5, 5.41) is 3.06. The maximum absolute atomic E-state index is 12.5. The van der Waals surface area contributed by atoms with Crippen molar-refractivity contribution in [2.75, 3.05) is 29.0 Å². The van der Waals surface area contributed by atoms with E-state index in [1.807, 2.05) is 31.2 Å². The third-order valence-electron chi connectivity index (χ3n) is 4.09. The maximum atomic E-state index is 12.5. The molecule has 2 aromatic rings. The van der Waals surface area contributed by atoms with Crippen molar-refractivity contribution in [3.05, 3.63) is 45.7 Å². The van der Waals surface area contributed by atoms with Crippen LogP contribution in [0.2, 0.25) is 0 Å². The van der Waals surface area contributed by atoms with Gasteiger partial charge in [0.1, 0.15) is 16.4 Å². The maximum Gasteiger partial charge on any atom is 0.264 e. The molecule has 4 N–H and O–H groups in total. The van der Waals surface area contributed by atoms with E-state index in [1.54, 1.807) is 0 Å². The van der Waals surface area contributed by atoms with E-state index in [-0.39, 0.29) is 21.9 Å². The molecule has 1 aliphatic rings. The fraction of sp³-hybridized carbons (Fsp3) is 0.353. The summed E-state index contributed by atoms with van der Waals surface area (Å²) in [7, 11) is 0. The van der Waals surface area contributed by atoms with Crippen molar-refractivity contribution in [3.63, 3.8) is 0 Å². The molecule has 0 atom stereocenters. The van der Waals surface area contributed by atoms with E-state index in [0.29, 0.717) is 5.95 Å². The standard InChI is InChI=1S/C17H21N5OS/c1-11-6-5-7-12(10-11)19-16(24)13-14(18)20-17(21-15(13)23)22-8-3-2-4-9-22/h5-7,10H,2-4,8-9H2,1H3,(H,19,24)(H3,18,20,21,23). The Bertz CT molecular complexity index is 811. The Morgan fingerprint density at radius 2 is 2.08 bits per heavy atom. The Morgan fingerprint density at radius 3 is 2.75 bits per heavy atom. The Labute approximate surface area is 146 Å². The van der Waals surface area contributed by atoms with Gasteiger partial charge in [0, 0.05) is 18.8 Å². The van der Waals surface area contributed by atoms with Crippen LogP contribution in [0.5, 0.6) is 0 Å². The fourth-order valence-corrected chi connectivity index (χ4v) is 3.18. The highest BCUT2D eigenvalue weighted by molar-refractivity contribution is 7.81. The number of piperidine rings is 1. The minimum Gasteiger partial charge on any atom is -0.383 e. The first-order valence-electron chi connectivity index (χ1n) is 8.07. The van der Waals surface area contributed by atoms with Gasteiger partial charge in [0.25, 0.3) is 5.56 Å². The summed E-state index contributed by atoms with van der Waals surface area (Å²) in [6.07, 6.45) is 3.40. The van der Waals surface area contributed by atoms with Gasteiger partial charge in [-0.05, 0) is 43.9 Å². The largest absolute Gasteiger partial charge is 0.383 e. The van der Waals surface area contributed by atoms with Gasteiger partial charge in [-0.25, -0.2) is 0 Å². The molecule has 1 fully saturated rings. The summed E-state index contributed by atoms with van der Waals surface area (Å²) in [5.41, 5.74) is 7.85. The Kier molecular flexibility index (Phi) is 4.80. The number of aromatic nitrogens is 2. The van der Waals surface area contributed by atoms with Gasteiger partial charge in [-0.1, -0.05) is 24.4 Å². The molecule has 7 heteroatoms. The second kappa shape index (κ2) is 7.00. The zero-order valence-corrected chi connectivity index (χ0v) is 14.4. The van der Waals surface area contributed by atoms with Crippen LogP contribution in [-0.2, 0) is 0 Å². The number of nitrogens with one attached hydrogen (secondary N) is 2. The van der Waals surface area contributed by atoms with E-state index in [9.17, 15) is 4.79 Å². The second-order valence-electron chi connectivity index (χ2n) is 6.02. The van der Waals surface area contributed by atoms with Gasteiger partial charge in [-0.15, -0.1) is 0 Å². The molecule has 0 radical (unpaired) electrons. The normalized spacial score (nSPS) is 14.5. The number of hydrogen-bond donors (Lipinski definition) is 3. The van der Waals surface area contributed by atoms with Crippen LogP contribution in [0, 0.1) is 6.92 Å². The van der Waals surface area contributed by atoms with Crippen molar-refractivity contribution in [3.8, 4) is 0 Å². The smallest absolute Gasteiger partial charge is 0.264 e. The summed E-state index contributed by atoms with van der Waals surface area (Å²) in [5.74, 6) is 0.684. The highest BCUT2D eigenvalue weighted by Gasteiger charge is 2.18. The first kappa shape index (κ1) is 16.4. The molecule has 1 aromatic carbocycles. The third-order valence-corrected chi connectivity index (χ3v) is 4.40. The zero-order valence-electron chi connectivity index (χ0n) is 13.6. The number of rotatable bonds is 3. The molecule has 1 aromatic heterocycles. The average Bonchev–Trinajstić information content (AvgIpc) is 2.55. The van der Waals surface area contributed by atoms with Crippen molar-refractivity contribution in [1.82, 2.24) is 9.97 Å². The van der Waals surface area contributed by atoms with E-state index in [1.165, 1.54) is 6.42 Å². The Balaban J connectivity index is 1.85. The van der Waals surface area contributed by atoms with E-state index < -0.39 is 0 Å². The quantitative estimate of drug-likeness (QED) is 0.742. The highest BCUT2D eigenvalue weighted by atomic mass is 32.1. The number of nitrogens with two attached hydrogens (primary N) is 1. The molecule has 3 rings (SSSR count). The zero-order chi connectivity index (χ0) is 17.1. The minimum absolute atomic E-state index is 0.157. The van der Waals surface area contributed by atoms with Crippen LogP contribution in [0.15, 0.2) is 29.1 Å². The lowest BCUT2D eigenvalue weighted by molar-refractivity contribution is 0.568. The van der Waals surface area contributed by atoms with Crippen LogP contribution in [-0.4, -0.2) is 28.0 Å². The molecule has 1 aliphatic heterocycles. The molecule has 0 spiro atoms. The van der Waals surface area contributed by atoms with Crippen LogP contribution in [0.1, 0.15) is 30.4 Å². The average molecular weight is 343 g/mol. The van der Waals surface area contributed by atoms with E-state index >= 15 is 0 Å². The summed E-state index contributed by atoms with van der Waals surface area (Å²) in [4.78, 5) is 22.0. The topological polar surface area (TPSA) is 87.0 Å². The predicted octanol–water partition coefficient (Wildman–Crippen LogP) is 2.44. The Morgan fingerprint density at radius 1 is 1.33 bits per heavy atom. The molecule has 0 aliphatic carbocycles. The first-order valence-corrected chi connectivity index (χ1v) is 8.48. The number of hydrogen-bond acceptors (Lipinski definition) is 5. The molecular formula is C17H21N5OS. The van der Waals surface area contributed by atoms with Gasteiger partial charge in [-0.3, -0.25) is 9.78 Å². The van der Waals surface area contributed by atoms with Gasteiger partial charge in [0.05, 0.1) is 0 Å². The number of aryl methyl sites for hydroxylation is 1. The minimum atomic E-state index is -0.312. The van der Waals surface area contributed by atoms with E-state index in [2.05, 4.69) is 20.2 Å². The van der Waals surface area contributed by atoms with Crippen molar-refractivity contribution in [2.45, 2.75) is 26.2 Å². The SMILES string of the molecule is Cc1cccc(NC(=S)c2c(N)nc(N3CCCCC3)[nH]c2=O)c1. The van der Waals surface area contributed by atoms with Crippen LogP contribution < -0.4 is 21.5 Å². The van der Waals surface area contributed by atoms with Gasteiger partial charge >= 0.3 is 0 Å². The molecule has 0 unspecified atom stereocenters. The van der Waals surface area contributed by atoms with Crippen LogP contribution in [0.25, 0.3) is 0 Å². The van der Waals surface area contributed by atoms with Crippen LogP contribution in [0.3, 0.4) is 0 Å². The van der Waals surface area contributed by atoms with Crippen LogP contribution in [0.4, 0.5) is 17.5 Å². The van der Waals surface area contributed by atoms with Crippen molar-refractivity contribution in [2.24, 2.45) is 0 Å². The second-order valence-corrected chi connectivity index (χ2v) is 6.43. The number of H-pyrrole nitrogens is 1. The van der Waals surface area contributed by atoms with Crippen molar-refractivity contribution in [1.29, 1.82) is 0 Å². The van der Waals surface area contributed by atoms with E-state index in [4.69, 9.17) is 18.0 Å². The molecule has 24 heavy (non-hydrogen) atoms. The lowest BCUT2D eigenvalue weighted by Crippen LogP contribution is -2.34. The molecule has 0 saturated carbocycles. The molecule has 6 nitrogen and oxygen atoms in total. The summed E-state index contributed by atoms with van der Waals surface area (Å²) >= 11 is 5.36. The third kappa shape index (κ3) is 3.56. The number of nitrogens with zero attached hydrogens (tertiary/aromatic N) is 2. The number of benzene rings is 1. The van der Waals surface area contributed by atoms with Gasteiger partial charge in [0.2, 0.25) is 5.95 Å². The summed E-state index contributed by atoms with van der Waals surface area (Å²) in [6.45, 7) is 3.76. The lowest BCUT2D eigenvalue weighted by atomic mass is 10.1. The lowest BCUT2D eigenvalue weighted by Gasteiger charge is -2.27.